The quantitative estimate of drug-likeness (QED) is 0.595. The highest BCUT2D eigenvalue weighted by Crippen LogP contribution is 2.37. The minimum atomic E-state index is -0.436. The summed E-state index contributed by atoms with van der Waals surface area (Å²) in [6.07, 6.45) is 4.41. The van der Waals surface area contributed by atoms with E-state index in [1.165, 1.54) is 13.2 Å². The Bertz CT molecular complexity index is 498. The summed E-state index contributed by atoms with van der Waals surface area (Å²) in [6.45, 7) is 1.48. The van der Waals surface area contributed by atoms with E-state index in [9.17, 15) is 15.2 Å². The highest BCUT2D eigenvalue weighted by atomic mass is 16.6. The maximum atomic E-state index is 11.0. The molecule has 0 heterocycles. The Morgan fingerprint density at radius 3 is 2.71 bits per heavy atom. The minimum absolute atomic E-state index is 0.0155. The number of nitrogens with one attached hydrogen (secondary N) is 1. The van der Waals surface area contributed by atoms with Crippen LogP contribution >= 0.6 is 0 Å². The van der Waals surface area contributed by atoms with E-state index in [-0.39, 0.29) is 23.5 Å². The zero-order valence-corrected chi connectivity index (χ0v) is 12.3. The normalized spacial score (nSPS) is 16.9. The third-order valence-corrected chi connectivity index (χ3v) is 4.27. The van der Waals surface area contributed by atoms with Crippen molar-refractivity contribution in [3.8, 4) is 5.75 Å². The van der Waals surface area contributed by atoms with Gasteiger partial charge in [0.2, 0.25) is 0 Å². The molecule has 0 aromatic heterocycles. The molecule has 0 spiro atoms. The second-order valence-electron chi connectivity index (χ2n) is 5.73. The molecule has 2 N–H and O–H groups in total. The maximum absolute atomic E-state index is 11.0. The van der Waals surface area contributed by atoms with E-state index in [0.717, 1.165) is 37.8 Å². The van der Waals surface area contributed by atoms with Crippen molar-refractivity contribution in [1.82, 2.24) is 5.32 Å². The van der Waals surface area contributed by atoms with E-state index in [2.05, 4.69) is 5.32 Å². The van der Waals surface area contributed by atoms with Gasteiger partial charge in [-0.05, 0) is 24.5 Å². The van der Waals surface area contributed by atoms with Gasteiger partial charge in [-0.2, -0.15) is 0 Å². The van der Waals surface area contributed by atoms with E-state index in [0.29, 0.717) is 6.54 Å². The molecule has 116 valence electrons. The molecule has 21 heavy (non-hydrogen) atoms. The highest BCUT2D eigenvalue weighted by Gasteiger charge is 2.32. The van der Waals surface area contributed by atoms with Gasteiger partial charge >= 0.3 is 5.69 Å². The maximum Gasteiger partial charge on any atom is 0.311 e. The van der Waals surface area contributed by atoms with Crippen LogP contribution < -0.4 is 10.1 Å². The third-order valence-electron chi connectivity index (χ3n) is 4.27. The van der Waals surface area contributed by atoms with Gasteiger partial charge in [0.25, 0.3) is 0 Å². The highest BCUT2D eigenvalue weighted by molar-refractivity contribution is 5.48. The smallest absolute Gasteiger partial charge is 0.311 e. The van der Waals surface area contributed by atoms with Gasteiger partial charge in [-0.15, -0.1) is 0 Å². The van der Waals surface area contributed by atoms with Crippen LogP contribution in [0.3, 0.4) is 0 Å². The van der Waals surface area contributed by atoms with E-state index in [4.69, 9.17) is 4.74 Å². The fourth-order valence-corrected chi connectivity index (χ4v) is 2.98. The summed E-state index contributed by atoms with van der Waals surface area (Å²) in [5, 5.41) is 23.9. The first-order valence-corrected chi connectivity index (χ1v) is 7.23. The molecule has 0 saturated heterocycles. The lowest BCUT2D eigenvalue weighted by molar-refractivity contribution is -0.385. The zero-order valence-electron chi connectivity index (χ0n) is 12.3. The van der Waals surface area contributed by atoms with Crippen molar-refractivity contribution in [2.75, 3.05) is 20.3 Å². The van der Waals surface area contributed by atoms with Crippen LogP contribution in [0.25, 0.3) is 0 Å². The Morgan fingerprint density at radius 1 is 1.43 bits per heavy atom. The number of nitrogens with zero attached hydrogens (tertiary/aromatic N) is 1. The van der Waals surface area contributed by atoms with Gasteiger partial charge < -0.3 is 15.2 Å². The number of aliphatic hydroxyl groups is 1. The fraction of sp³-hybridized carbons (Fsp3) is 0.600. The van der Waals surface area contributed by atoms with E-state index >= 15 is 0 Å². The fourth-order valence-electron chi connectivity index (χ4n) is 2.98. The molecule has 0 unspecified atom stereocenters. The van der Waals surface area contributed by atoms with Crippen LogP contribution in [-0.2, 0) is 6.54 Å². The van der Waals surface area contributed by atoms with Crippen molar-refractivity contribution in [2.24, 2.45) is 5.41 Å². The summed E-state index contributed by atoms with van der Waals surface area (Å²) in [5.41, 5.74) is 0.807. The average molecular weight is 294 g/mol. The van der Waals surface area contributed by atoms with Crippen molar-refractivity contribution in [2.45, 2.75) is 32.2 Å². The van der Waals surface area contributed by atoms with Crippen molar-refractivity contribution >= 4 is 5.69 Å². The lowest BCUT2D eigenvalue weighted by Crippen LogP contribution is -2.34. The summed E-state index contributed by atoms with van der Waals surface area (Å²) in [4.78, 5) is 10.5. The SMILES string of the molecule is COc1ccc(CNCC2(CO)CCCC2)cc1[N+](=O)[O-]. The Morgan fingerprint density at radius 2 is 2.14 bits per heavy atom. The number of hydrogen-bond acceptors (Lipinski definition) is 5. The molecule has 0 bridgehead atoms. The van der Waals surface area contributed by atoms with E-state index in [1.54, 1.807) is 6.07 Å². The largest absolute Gasteiger partial charge is 0.490 e. The van der Waals surface area contributed by atoms with Crippen LogP contribution in [0.1, 0.15) is 31.2 Å². The molecule has 6 heteroatoms. The topological polar surface area (TPSA) is 84.6 Å². The summed E-state index contributed by atoms with van der Waals surface area (Å²) in [5.74, 6) is 0.270. The van der Waals surface area contributed by atoms with Crippen molar-refractivity contribution < 1.29 is 14.8 Å². The van der Waals surface area contributed by atoms with Crippen LogP contribution in [0.5, 0.6) is 5.75 Å². The summed E-state index contributed by atoms with van der Waals surface area (Å²) < 4.78 is 4.99. The Balaban J connectivity index is 1.97. The van der Waals surface area contributed by atoms with Gasteiger partial charge in [0.1, 0.15) is 0 Å². The van der Waals surface area contributed by atoms with Gasteiger partial charge in [-0.25, -0.2) is 0 Å². The summed E-state index contributed by atoms with van der Waals surface area (Å²) in [6, 6.07) is 4.97. The predicted octanol–water partition coefficient (Wildman–Crippen LogP) is 2.25. The zero-order chi connectivity index (χ0) is 15.3. The first-order valence-electron chi connectivity index (χ1n) is 7.23. The molecule has 1 aliphatic carbocycles. The molecule has 0 radical (unpaired) electrons. The molecule has 1 aromatic carbocycles. The summed E-state index contributed by atoms with van der Waals surface area (Å²) in [7, 11) is 1.42. The number of hydrogen-bond donors (Lipinski definition) is 2. The lowest BCUT2D eigenvalue weighted by Gasteiger charge is -2.26. The van der Waals surface area contributed by atoms with Gasteiger partial charge in [0.15, 0.2) is 5.75 Å². The molecule has 1 saturated carbocycles. The van der Waals surface area contributed by atoms with Gasteiger partial charge in [-0.3, -0.25) is 10.1 Å². The number of benzene rings is 1. The molecule has 1 fully saturated rings. The van der Waals surface area contributed by atoms with Crippen LogP contribution in [0.2, 0.25) is 0 Å². The van der Waals surface area contributed by atoms with Crippen molar-refractivity contribution in [1.29, 1.82) is 0 Å². The molecule has 6 nitrogen and oxygen atoms in total. The molecule has 1 aromatic rings. The average Bonchev–Trinajstić information content (AvgIpc) is 2.96. The number of ether oxygens (including phenoxy) is 1. The lowest BCUT2D eigenvalue weighted by atomic mass is 9.87. The Labute approximate surface area is 124 Å². The number of aliphatic hydroxyl groups excluding tert-OH is 1. The monoisotopic (exact) mass is 294 g/mol. The third kappa shape index (κ3) is 3.71. The van der Waals surface area contributed by atoms with Crippen LogP contribution in [0.15, 0.2) is 18.2 Å². The second kappa shape index (κ2) is 6.87. The van der Waals surface area contributed by atoms with Crippen LogP contribution in [0, 0.1) is 15.5 Å². The minimum Gasteiger partial charge on any atom is -0.490 e. The molecule has 0 atom stereocenters. The second-order valence-corrected chi connectivity index (χ2v) is 5.73. The van der Waals surface area contributed by atoms with Crippen LogP contribution in [-0.4, -0.2) is 30.3 Å². The molecule has 1 aliphatic rings. The molecular formula is C15H22N2O4. The molecule has 0 aliphatic heterocycles. The Hall–Kier alpha value is -1.66. The van der Waals surface area contributed by atoms with Gasteiger partial charge in [-0.1, -0.05) is 18.9 Å². The molecule has 2 rings (SSSR count). The van der Waals surface area contributed by atoms with Crippen molar-refractivity contribution in [3.05, 3.63) is 33.9 Å². The van der Waals surface area contributed by atoms with Gasteiger partial charge in [0, 0.05) is 31.2 Å². The number of nitro benzene ring substituents is 1. The Kier molecular flexibility index (Phi) is 5.14. The first kappa shape index (κ1) is 15.7. The number of nitro groups is 1. The summed E-state index contributed by atoms with van der Waals surface area (Å²) >= 11 is 0. The number of methoxy groups -OCH3 is 1. The van der Waals surface area contributed by atoms with E-state index in [1.807, 2.05) is 6.07 Å². The van der Waals surface area contributed by atoms with Gasteiger partial charge in [0.05, 0.1) is 12.0 Å². The first-order chi connectivity index (χ1) is 10.1. The predicted molar refractivity (Wildman–Crippen MR) is 79.3 cm³/mol. The molecular weight excluding hydrogens is 272 g/mol. The van der Waals surface area contributed by atoms with Crippen LogP contribution in [0.4, 0.5) is 5.69 Å². The molecule has 0 amide bonds. The van der Waals surface area contributed by atoms with E-state index < -0.39 is 4.92 Å². The standard InChI is InChI=1S/C15H22N2O4/c1-21-14-5-4-12(8-13(14)17(19)20)9-16-10-15(11-18)6-2-3-7-15/h4-5,8,16,18H,2-3,6-7,9-11H2,1H3. The number of rotatable bonds is 7. The van der Waals surface area contributed by atoms with Crippen molar-refractivity contribution in [3.63, 3.8) is 0 Å².